The van der Waals surface area contributed by atoms with Crippen LogP contribution in [0.1, 0.15) is 35.9 Å². The second kappa shape index (κ2) is 6.31. The number of aromatic carboxylic acids is 1. The van der Waals surface area contributed by atoms with Gasteiger partial charge < -0.3 is 14.9 Å². The molecule has 1 aromatic rings. The quantitative estimate of drug-likeness (QED) is 0.659. The Kier molecular flexibility index (Phi) is 5.05. The van der Waals surface area contributed by atoms with E-state index in [1.807, 2.05) is 13.8 Å². The Labute approximate surface area is 99.0 Å². The van der Waals surface area contributed by atoms with Crippen LogP contribution in [-0.4, -0.2) is 51.0 Å². The van der Waals surface area contributed by atoms with Crippen molar-refractivity contribution >= 4 is 5.97 Å². The maximum absolute atomic E-state index is 10.9. The van der Waals surface area contributed by atoms with Crippen molar-refractivity contribution in [2.45, 2.75) is 26.3 Å². The molecule has 0 bridgehead atoms. The van der Waals surface area contributed by atoms with E-state index in [0.717, 1.165) is 0 Å². The molecule has 0 fully saturated rings. The van der Waals surface area contributed by atoms with Gasteiger partial charge in [0.05, 0.1) is 32.1 Å². The van der Waals surface area contributed by atoms with Crippen molar-refractivity contribution in [1.29, 1.82) is 0 Å². The monoisotopic (exact) mass is 243 g/mol. The molecule has 1 heterocycles. The zero-order valence-electron chi connectivity index (χ0n) is 9.96. The largest absolute Gasteiger partial charge is 0.476 e. The summed E-state index contributed by atoms with van der Waals surface area (Å²) in [5, 5.41) is 24.9. The zero-order chi connectivity index (χ0) is 12.8. The van der Waals surface area contributed by atoms with Crippen molar-refractivity contribution in [2.24, 2.45) is 0 Å². The molecule has 0 aromatic carbocycles. The number of hydrogen-bond donors (Lipinski definition) is 2. The highest BCUT2D eigenvalue weighted by Gasteiger charge is 2.21. The minimum atomic E-state index is -1.07. The molecule has 0 radical (unpaired) electrons. The maximum atomic E-state index is 10.9. The highest BCUT2D eigenvalue weighted by molar-refractivity contribution is 5.86. The molecule has 2 N–H and O–H groups in total. The fourth-order valence-corrected chi connectivity index (χ4v) is 1.53. The summed E-state index contributed by atoms with van der Waals surface area (Å²) in [4.78, 5) is 10.9. The first-order valence-electron chi connectivity index (χ1n) is 5.43. The molecule has 7 heteroatoms. The SMILES string of the molecule is CC(C)c1c(C(=O)O)nnn1CCOCCO. The molecule has 0 saturated heterocycles. The number of rotatable bonds is 7. The van der Waals surface area contributed by atoms with E-state index >= 15 is 0 Å². The van der Waals surface area contributed by atoms with Crippen LogP contribution in [-0.2, 0) is 11.3 Å². The van der Waals surface area contributed by atoms with Crippen LogP contribution in [0.15, 0.2) is 0 Å². The molecule has 0 aliphatic carbocycles. The van der Waals surface area contributed by atoms with E-state index in [-0.39, 0.29) is 24.8 Å². The molecule has 1 aromatic heterocycles. The second-order valence-corrected chi connectivity index (χ2v) is 3.84. The third-order valence-corrected chi connectivity index (χ3v) is 2.21. The minimum absolute atomic E-state index is 0.0119. The Morgan fingerprint density at radius 3 is 2.71 bits per heavy atom. The topological polar surface area (TPSA) is 97.5 Å². The molecule has 0 atom stereocenters. The van der Waals surface area contributed by atoms with Crippen LogP contribution >= 0.6 is 0 Å². The van der Waals surface area contributed by atoms with Crippen molar-refractivity contribution in [3.8, 4) is 0 Å². The van der Waals surface area contributed by atoms with E-state index in [2.05, 4.69) is 10.3 Å². The first-order valence-corrected chi connectivity index (χ1v) is 5.43. The number of aliphatic hydroxyl groups is 1. The van der Waals surface area contributed by atoms with E-state index in [1.54, 1.807) is 0 Å². The Hall–Kier alpha value is -1.47. The Bertz CT molecular complexity index is 376. The maximum Gasteiger partial charge on any atom is 0.358 e. The number of carbonyl (C=O) groups is 1. The summed E-state index contributed by atoms with van der Waals surface area (Å²) in [6, 6.07) is 0. The molecule has 0 unspecified atom stereocenters. The number of carboxylic acids is 1. The summed E-state index contributed by atoms with van der Waals surface area (Å²) in [6.07, 6.45) is 0. The van der Waals surface area contributed by atoms with E-state index < -0.39 is 5.97 Å². The number of ether oxygens (including phenoxy) is 1. The normalized spacial score (nSPS) is 11.1. The summed E-state index contributed by atoms with van der Waals surface area (Å²) in [5.41, 5.74) is 0.576. The fraction of sp³-hybridized carbons (Fsp3) is 0.700. The van der Waals surface area contributed by atoms with Gasteiger partial charge in [0.25, 0.3) is 0 Å². The molecular formula is C10H17N3O4. The lowest BCUT2D eigenvalue weighted by Gasteiger charge is -2.09. The van der Waals surface area contributed by atoms with Gasteiger partial charge in [0.15, 0.2) is 5.69 Å². The number of carboxylic acid groups (broad SMARTS) is 1. The van der Waals surface area contributed by atoms with Gasteiger partial charge in [-0.05, 0) is 5.92 Å². The molecule has 96 valence electrons. The molecule has 0 spiro atoms. The van der Waals surface area contributed by atoms with E-state index in [9.17, 15) is 4.79 Å². The van der Waals surface area contributed by atoms with Crippen molar-refractivity contribution < 1.29 is 19.7 Å². The van der Waals surface area contributed by atoms with Gasteiger partial charge in [-0.3, -0.25) is 0 Å². The number of hydrogen-bond acceptors (Lipinski definition) is 5. The van der Waals surface area contributed by atoms with Crippen molar-refractivity contribution in [3.63, 3.8) is 0 Å². The first-order chi connectivity index (χ1) is 8.07. The molecule has 0 saturated carbocycles. The van der Waals surface area contributed by atoms with E-state index in [4.69, 9.17) is 14.9 Å². The van der Waals surface area contributed by atoms with Gasteiger partial charge in [0, 0.05) is 0 Å². The third kappa shape index (κ3) is 3.50. The predicted octanol–water partition coefficient (Wildman–Crippen LogP) is 0.109. The first kappa shape index (κ1) is 13.6. The van der Waals surface area contributed by atoms with Crippen molar-refractivity contribution in [3.05, 3.63) is 11.4 Å². The molecule has 0 aliphatic heterocycles. The van der Waals surface area contributed by atoms with Crippen LogP contribution in [0.3, 0.4) is 0 Å². The molecule has 17 heavy (non-hydrogen) atoms. The van der Waals surface area contributed by atoms with Crippen molar-refractivity contribution in [1.82, 2.24) is 15.0 Å². The van der Waals surface area contributed by atoms with Gasteiger partial charge in [-0.2, -0.15) is 0 Å². The summed E-state index contributed by atoms with van der Waals surface area (Å²) in [5.74, 6) is -1.05. The summed E-state index contributed by atoms with van der Waals surface area (Å²) in [7, 11) is 0. The average molecular weight is 243 g/mol. The van der Waals surface area contributed by atoms with Gasteiger partial charge in [0.2, 0.25) is 0 Å². The number of aliphatic hydroxyl groups excluding tert-OH is 1. The molecular weight excluding hydrogens is 226 g/mol. The summed E-state index contributed by atoms with van der Waals surface area (Å²) >= 11 is 0. The van der Waals surface area contributed by atoms with E-state index in [1.165, 1.54) is 4.68 Å². The summed E-state index contributed by atoms with van der Waals surface area (Å²) < 4.78 is 6.64. The molecule has 0 aliphatic rings. The highest BCUT2D eigenvalue weighted by atomic mass is 16.5. The van der Waals surface area contributed by atoms with Crippen LogP contribution in [0.5, 0.6) is 0 Å². The van der Waals surface area contributed by atoms with Gasteiger partial charge in [-0.1, -0.05) is 19.1 Å². The molecule has 7 nitrogen and oxygen atoms in total. The highest BCUT2D eigenvalue weighted by Crippen LogP contribution is 2.17. The Morgan fingerprint density at radius 1 is 1.47 bits per heavy atom. The Balaban J connectivity index is 2.74. The van der Waals surface area contributed by atoms with Gasteiger partial charge >= 0.3 is 5.97 Å². The van der Waals surface area contributed by atoms with Crippen LogP contribution in [0, 0.1) is 0 Å². The lowest BCUT2D eigenvalue weighted by Crippen LogP contribution is -2.14. The fourth-order valence-electron chi connectivity index (χ4n) is 1.53. The molecule has 1 rings (SSSR count). The van der Waals surface area contributed by atoms with Crippen LogP contribution in [0.2, 0.25) is 0 Å². The third-order valence-electron chi connectivity index (χ3n) is 2.21. The zero-order valence-corrected chi connectivity index (χ0v) is 9.96. The average Bonchev–Trinajstić information content (AvgIpc) is 2.68. The standard InChI is InChI=1S/C10H17N3O4/c1-7(2)9-8(10(15)16)11-12-13(9)3-5-17-6-4-14/h7,14H,3-6H2,1-2H3,(H,15,16). The van der Waals surface area contributed by atoms with Crippen LogP contribution in [0.4, 0.5) is 0 Å². The minimum Gasteiger partial charge on any atom is -0.476 e. The number of aromatic nitrogens is 3. The van der Waals surface area contributed by atoms with Gasteiger partial charge in [-0.25, -0.2) is 9.48 Å². The smallest absolute Gasteiger partial charge is 0.358 e. The van der Waals surface area contributed by atoms with Gasteiger partial charge in [0.1, 0.15) is 0 Å². The van der Waals surface area contributed by atoms with Gasteiger partial charge in [-0.15, -0.1) is 5.10 Å². The predicted molar refractivity (Wildman–Crippen MR) is 59.0 cm³/mol. The molecule has 0 amide bonds. The number of nitrogens with zero attached hydrogens (tertiary/aromatic N) is 3. The Morgan fingerprint density at radius 2 is 2.18 bits per heavy atom. The van der Waals surface area contributed by atoms with Crippen LogP contribution < -0.4 is 0 Å². The van der Waals surface area contributed by atoms with E-state index in [0.29, 0.717) is 18.8 Å². The lowest BCUT2D eigenvalue weighted by molar-refractivity contribution is 0.0688. The van der Waals surface area contributed by atoms with Crippen molar-refractivity contribution in [2.75, 3.05) is 19.8 Å². The second-order valence-electron chi connectivity index (χ2n) is 3.84. The lowest BCUT2D eigenvalue weighted by atomic mass is 10.1. The summed E-state index contributed by atoms with van der Waals surface area (Å²) in [6.45, 7) is 4.79. The van der Waals surface area contributed by atoms with Crippen LogP contribution in [0.25, 0.3) is 0 Å².